The number of benzene rings is 1. The molecule has 13 nitrogen and oxygen atoms in total. The van der Waals surface area contributed by atoms with Crippen molar-refractivity contribution in [2.45, 2.75) is 42.4 Å². The highest BCUT2D eigenvalue weighted by Gasteiger charge is 2.38. The number of hydrogen-bond acceptors (Lipinski definition) is 14. The number of hydrogen-bond donors (Lipinski definition) is 5. The Morgan fingerprint density at radius 1 is 1.17 bits per heavy atom. The van der Waals surface area contributed by atoms with Crippen LogP contribution in [0.1, 0.15) is 23.7 Å². The van der Waals surface area contributed by atoms with Gasteiger partial charge in [-0.15, -0.1) is 0 Å². The van der Waals surface area contributed by atoms with E-state index >= 15 is 0 Å². The number of aliphatic hydroxyl groups is 1. The van der Waals surface area contributed by atoms with Crippen molar-refractivity contribution in [1.29, 1.82) is 0 Å². The molecule has 1 fully saturated rings. The third kappa shape index (κ3) is 16.9. The minimum atomic E-state index is -0.705. The van der Waals surface area contributed by atoms with Gasteiger partial charge in [-0.3, -0.25) is 14.4 Å². The van der Waals surface area contributed by atoms with E-state index < -0.39 is 17.6 Å². The number of carbonyl (C=O) groups excluding carboxylic acids is 3. The van der Waals surface area contributed by atoms with E-state index in [1.807, 2.05) is 19.4 Å². The molecule has 47 heavy (non-hydrogen) atoms. The summed E-state index contributed by atoms with van der Waals surface area (Å²) in [5, 5.41) is 17.9. The molecule has 1 aromatic rings. The molecule has 18 heteroatoms. The van der Waals surface area contributed by atoms with Gasteiger partial charge in [-0.2, -0.15) is 5.82 Å². The summed E-state index contributed by atoms with van der Waals surface area (Å²) in [6.45, 7) is 3.62. The van der Waals surface area contributed by atoms with Gasteiger partial charge in [0.1, 0.15) is 30.5 Å². The van der Waals surface area contributed by atoms with Crippen LogP contribution in [0.4, 0.5) is 0 Å². The van der Waals surface area contributed by atoms with Crippen molar-refractivity contribution >= 4 is 68.2 Å². The number of amides is 3. The maximum absolute atomic E-state index is 12.3. The van der Waals surface area contributed by atoms with E-state index in [0.717, 1.165) is 0 Å². The summed E-state index contributed by atoms with van der Waals surface area (Å²) in [6.07, 6.45) is 3.33. The smallest absolute Gasteiger partial charge is 0.260 e. The molecule has 1 aromatic carbocycles. The van der Waals surface area contributed by atoms with E-state index in [0.29, 0.717) is 44.6 Å². The van der Waals surface area contributed by atoms with Crippen molar-refractivity contribution in [3.05, 3.63) is 29.8 Å². The van der Waals surface area contributed by atoms with Crippen LogP contribution in [0.15, 0.2) is 24.3 Å². The average molecular weight is 733 g/mol. The van der Waals surface area contributed by atoms with Gasteiger partial charge < -0.3 is 50.5 Å². The molecule has 2 unspecified atom stereocenters. The van der Waals surface area contributed by atoms with Gasteiger partial charge in [0.15, 0.2) is 5.44 Å². The SMILES string of the molecule is CCNC(=O)[C@H](O[C@@H]1C[C@H](BC#CCNC(=O)COCCOC(COc2cccc(C(=O)NCCN)c2)SSC)OC1CO)SSC. The van der Waals surface area contributed by atoms with Crippen molar-refractivity contribution in [2.24, 2.45) is 5.73 Å². The molecule has 0 aromatic heterocycles. The predicted molar refractivity (Wildman–Crippen MR) is 192 cm³/mol. The standard InChI is InChI=1S/C29H45BN4O9S4/c1-4-32-28(38)29(47-45-3)43-22-16-24(42-23(22)17-35)30-9-6-11-33-25(36)18-39-13-14-40-26(46-44-2)19-41-21-8-5-7-20(15-21)27(37)34-12-10-31/h5,7-8,15,22-24,26,29-30,35H,4,10-14,16-19,31H2,1-3H3,(H,32,38)(H,33,36)(H,34,37)/t22-,23?,24-,26?,29-/m1/s1. The Balaban J connectivity index is 1.64. The number of likely N-dealkylation sites (N-methyl/N-ethyl adjacent to an activating group) is 1. The lowest BCUT2D eigenvalue weighted by Gasteiger charge is -2.22. The van der Waals surface area contributed by atoms with E-state index in [1.54, 1.807) is 24.3 Å². The maximum Gasteiger partial charge on any atom is 0.260 e. The summed E-state index contributed by atoms with van der Waals surface area (Å²) < 4.78 is 29.0. The lowest BCUT2D eigenvalue weighted by atomic mass is 9.71. The van der Waals surface area contributed by atoms with Crippen molar-refractivity contribution in [1.82, 2.24) is 16.0 Å². The van der Waals surface area contributed by atoms with Gasteiger partial charge in [0.25, 0.3) is 11.8 Å². The number of carbonyl (C=O) groups is 3. The Morgan fingerprint density at radius 3 is 2.70 bits per heavy atom. The Hall–Kier alpha value is -1.79. The topological polar surface area (TPSA) is 180 Å². The molecule has 0 spiro atoms. The third-order valence-corrected chi connectivity index (χ3v) is 9.91. The lowest BCUT2D eigenvalue weighted by Crippen LogP contribution is -2.39. The zero-order valence-corrected chi connectivity index (χ0v) is 30.2. The molecule has 0 saturated carbocycles. The third-order valence-electron chi connectivity index (χ3n) is 6.21. The van der Waals surface area contributed by atoms with Gasteiger partial charge >= 0.3 is 0 Å². The molecule has 0 aliphatic carbocycles. The molecular formula is C29H45BN4O9S4. The zero-order valence-electron chi connectivity index (χ0n) is 26.9. The predicted octanol–water partition coefficient (Wildman–Crippen LogP) is 0.604. The minimum Gasteiger partial charge on any atom is -0.490 e. The summed E-state index contributed by atoms with van der Waals surface area (Å²) in [5.41, 5.74) is 4.93. The maximum atomic E-state index is 12.3. The Kier molecular flexibility index (Phi) is 22.2. The van der Waals surface area contributed by atoms with Gasteiger partial charge in [0.05, 0.1) is 32.5 Å². The quantitative estimate of drug-likeness (QED) is 0.0347. The molecule has 0 bridgehead atoms. The highest BCUT2D eigenvalue weighted by Crippen LogP contribution is 2.31. The van der Waals surface area contributed by atoms with Gasteiger partial charge in [-0.25, -0.2) is 0 Å². The number of ether oxygens (including phenoxy) is 5. The fourth-order valence-electron chi connectivity index (χ4n) is 4.10. The van der Waals surface area contributed by atoms with E-state index in [1.165, 1.54) is 43.2 Å². The summed E-state index contributed by atoms with van der Waals surface area (Å²) in [7, 11) is 6.17. The van der Waals surface area contributed by atoms with Crippen LogP contribution < -0.4 is 26.4 Å². The second kappa shape index (κ2) is 25.2. The Labute approximate surface area is 293 Å². The first-order valence-electron chi connectivity index (χ1n) is 15.1. The second-order valence-corrected chi connectivity index (χ2v) is 14.9. The van der Waals surface area contributed by atoms with E-state index in [-0.39, 0.29) is 68.7 Å². The van der Waals surface area contributed by atoms with Crippen LogP contribution in [-0.2, 0) is 28.5 Å². The van der Waals surface area contributed by atoms with E-state index in [9.17, 15) is 19.5 Å². The van der Waals surface area contributed by atoms with Gasteiger partial charge in [0, 0.05) is 31.2 Å². The molecule has 1 aliphatic heterocycles. The monoisotopic (exact) mass is 732 g/mol. The molecule has 3 amide bonds. The van der Waals surface area contributed by atoms with Gasteiger partial charge in [0.2, 0.25) is 13.2 Å². The molecular weight excluding hydrogens is 687 g/mol. The zero-order chi connectivity index (χ0) is 34.3. The molecule has 1 saturated heterocycles. The molecule has 1 heterocycles. The summed E-state index contributed by atoms with van der Waals surface area (Å²) in [6, 6.07) is 6.63. The van der Waals surface area contributed by atoms with Crippen LogP contribution in [0, 0.1) is 11.7 Å². The fraction of sp³-hybridized carbons (Fsp3) is 0.621. The van der Waals surface area contributed by atoms with Crippen molar-refractivity contribution < 1.29 is 43.2 Å². The number of rotatable bonds is 23. The Morgan fingerprint density at radius 2 is 1.98 bits per heavy atom. The molecule has 262 valence electrons. The van der Waals surface area contributed by atoms with Crippen LogP contribution in [0.5, 0.6) is 5.75 Å². The molecule has 6 N–H and O–H groups in total. The van der Waals surface area contributed by atoms with Gasteiger partial charge in [-0.1, -0.05) is 55.2 Å². The number of nitrogens with one attached hydrogen (secondary N) is 3. The second-order valence-electron chi connectivity index (χ2n) is 9.71. The first-order chi connectivity index (χ1) is 22.8. The summed E-state index contributed by atoms with van der Waals surface area (Å²) in [4.78, 5) is 36.6. The van der Waals surface area contributed by atoms with Crippen molar-refractivity contribution in [3.8, 4) is 17.5 Å². The largest absolute Gasteiger partial charge is 0.490 e. The van der Waals surface area contributed by atoms with Crippen molar-refractivity contribution in [2.75, 3.05) is 71.7 Å². The molecule has 0 radical (unpaired) electrons. The fourth-order valence-corrected chi connectivity index (χ4v) is 7.03. The molecule has 2 rings (SSSR count). The highest BCUT2D eigenvalue weighted by molar-refractivity contribution is 8.77. The minimum absolute atomic E-state index is 0.134. The van der Waals surface area contributed by atoms with Crippen LogP contribution >= 0.6 is 43.2 Å². The number of aliphatic hydroxyl groups excluding tert-OH is 1. The summed E-state index contributed by atoms with van der Waals surface area (Å²) >= 11 is 0. The van der Waals surface area contributed by atoms with Gasteiger partial charge in [-0.05, 0) is 44.1 Å². The average Bonchev–Trinajstić information content (AvgIpc) is 3.47. The van der Waals surface area contributed by atoms with Crippen LogP contribution in [-0.4, -0.2) is 131 Å². The highest BCUT2D eigenvalue weighted by atomic mass is 33.1. The molecule has 5 atom stereocenters. The van der Waals surface area contributed by atoms with E-state index in [2.05, 4.69) is 27.7 Å². The van der Waals surface area contributed by atoms with E-state index in [4.69, 9.17) is 29.4 Å². The Bertz CT molecular complexity index is 1150. The van der Waals surface area contributed by atoms with Crippen LogP contribution in [0.25, 0.3) is 0 Å². The normalized spacial score (nSPS) is 18.4. The van der Waals surface area contributed by atoms with Crippen molar-refractivity contribution in [3.63, 3.8) is 0 Å². The van der Waals surface area contributed by atoms with Crippen LogP contribution in [0.2, 0.25) is 0 Å². The molecule has 1 aliphatic rings. The lowest BCUT2D eigenvalue weighted by molar-refractivity contribution is -0.132. The summed E-state index contributed by atoms with van der Waals surface area (Å²) in [5.74, 6) is 5.71. The first kappa shape index (κ1) is 41.4. The van der Waals surface area contributed by atoms with Crippen LogP contribution in [0.3, 0.4) is 0 Å². The number of nitrogens with two attached hydrogens (primary N) is 1. The first-order valence-corrected chi connectivity index (χ1v) is 20.3.